The van der Waals surface area contributed by atoms with Gasteiger partial charge in [0.2, 0.25) is 11.8 Å². The first-order valence-corrected chi connectivity index (χ1v) is 13.3. The minimum Gasteiger partial charge on any atom is -0.458 e. The van der Waals surface area contributed by atoms with Crippen molar-refractivity contribution in [2.24, 2.45) is 7.05 Å². The average Bonchev–Trinajstić information content (AvgIpc) is 3.18. The molecule has 3 aromatic heterocycles. The minimum atomic E-state index is -1.000. The van der Waals surface area contributed by atoms with Crippen molar-refractivity contribution >= 4 is 34.6 Å². The number of aromatic nitrogens is 5. The van der Waals surface area contributed by atoms with E-state index in [2.05, 4.69) is 20.3 Å². The second-order valence-electron chi connectivity index (χ2n) is 10.5. The smallest absolute Gasteiger partial charge is 0.334 e. The minimum absolute atomic E-state index is 0.0761. The fraction of sp³-hybridized carbons (Fsp3) is 0.393. The van der Waals surface area contributed by atoms with E-state index < -0.39 is 22.5 Å². The molecule has 0 amide bonds. The first kappa shape index (κ1) is 29.2. The molecule has 0 saturated carbocycles. The molecule has 0 aliphatic heterocycles. The van der Waals surface area contributed by atoms with E-state index in [1.54, 1.807) is 64.3 Å². The summed E-state index contributed by atoms with van der Waals surface area (Å²) in [6.07, 6.45) is 2.90. The van der Waals surface area contributed by atoms with Crippen LogP contribution in [0.3, 0.4) is 0 Å². The van der Waals surface area contributed by atoms with Crippen molar-refractivity contribution in [3.63, 3.8) is 0 Å². The van der Waals surface area contributed by atoms with Crippen LogP contribution in [0.2, 0.25) is 0 Å². The maximum absolute atomic E-state index is 13.3. The van der Waals surface area contributed by atoms with Crippen molar-refractivity contribution in [1.82, 2.24) is 24.1 Å². The zero-order chi connectivity index (χ0) is 29.9. The van der Waals surface area contributed by atoms with Gasteiger partial charge >= 0.3 is 17.3 Å². The molecule has 4 aromatic rings. The van der Waals surface area contributed by atoms with Gasteiger partial charge in [-0.25, -0.2) is 24.1 Å². The molecule has 0 fully saturated rings. The number of carbonyl (C=O) groups is 1. The van der Waals surface area contributed by atoms with Gasteiger partial charge in [0.1, 0.15) is 17.8 Å². The molecule has 216 valence electrons. The summed E-state index contributed by atoms with van der Waals surface area (Å²) in [6.45, 7) is 10.3. The van der Waals surface area contributed by atoms with Crippen LogP contribution in [0.1, 0.15) is 40.2 Å². The number of hydrogen-bond donors (Lipinski definition) is 1. The SMILES string of the molecule is CCN(CC)c1ncc([N+](=O)[O-])c(NC(Cc2ccc(-n3c(=O)n(C)c4cccnc43)cc2)C(=O)OC(C)(C)C)n1. The number of nitrogens with zero attached hydrogens (tertiary/aromatic N) is 7. The third kappa shape index (κ3) is 6.34. The van der Waals surface area contributed by atoms with Gasteiger partial charge in [0.15, 0.2) is 5.65 Å². The first-order valence-electron chi connectivity index (χ1n) is 13.3. The Morgan fingerprint density at radius 3 is 2.44 bits per heavy atom. The number of fused-ring (bicyclic) bond motifs is 1. The lowest BCUT2D eigenvalue weighted by atomic mass is 10.0. The molecular formula is C28H34N8O5. The lowest BCUT2D eigenvalue weighted by molar-refractivity contribution is -0.384. The Hall–Kier alpha value is -4.81. The number of nitrogens with one attached hydrogen (secondary N) is 1. The third-order valence-corrected chi connectivity index (χ3v) is 6.45. The molecule has 0 aliphatic rings. The van der Waals surface area contributed by atoms with E-state index in [9.17, 15) is 19.7 Å². The van der Waals surface area contributed by atoms with Crippen molar-refractivity contribution in [2.75, 3.05) is 23.3 Å². The highest BCUT2D eigenvalue weighted by Crippen LogP contribution is 2.26. The molecule has 4 rings (SSSR count). The third-order valence-electron chi connectivity index (χ3n) is 6.45. The monoisotopic (exact) mass is 562 g/mol. The van der Waals surface area contributed by atoms with Gasteiger partial charge in [0.25, 0.3) is 0 Å². The van der Waals surface area contributed by atoms with Gasteiger partial charge in [0.05, 0.1) is 16.1 Å². The van der Waals surface area contributed by atoms with E-state index in [1.807, 2.05) is 24.8 Å². The number of ether oxygens (including phenoxy) is 1. The summed E-state index contributed by atoms with van der Waals surface area (Å²) >= 11 is 0. The maximum atomic E-state index is 13.3. The molecule has 0 aliphatic carbocycles. The normalized spacial score (nSPS) is 12.2. The maximum Gasteiger partial charge on any atom is 0.334 e. The molecule has 13 heteroatoms. The van der Waals surface area contributed by atoms with Crippen LogP contribution in [0.4, 0.5) is 17.5 Å². The molecule has 1 aromatic carbocycles. The molecular weight excluding hydrogens is 528 g/mol. The van der Waals surface area contributed by atoms with E-state index in [0.29, 0.717) is 35.9 Å². The number of nitro groups is 1. The fourth-order valence-electron chi connectivity index (χ4n) is 4.41. The summed E-state index contributed by atoms with van der Waals surface area (Å²) < 4.78 is 8.69. The lowest BCUT2D eigenvalue weighted by Gasteiger charge is -2.25. The second-order valence-corrected chi connectivity index (χ2v) is 10.5. The Morgan fingerprint density at radius 1 is 1.15 bits per heavy atom. The zero-order valence-electron chi connectivity index (χ0n) is 24.0. The number of benzene rings is 1. The van der Waals surface area contributed by atoms with Crippen LogP contribution in [0, 0.1) is 10.1 Å². The van der Waals surface area contributed by atoms with Crippen LogP contribution in [-0.2, 0) is 23.0 Å². The largest absolute Gasteiger partial charge is 0.458 e. The fourth-order valence-corrected chi connectivity index (χ4v) is 4.41. The summed E-state index contributed by atoms with van der Waals surface area (Å²) in [5, 5.41) is 14.8. The highest BCUT2D eigenvalue weighted by Gasteiger charge is 2.29. The van der Waals surface area contributed by atoms with Gasteiger partial charge in [-0.1, -0.05) is 12.1 Å². The Bertz CT molecular complexity index is 1620. The predicted octanol–water partition coefficient (Wildman–Crippen LogP) is 3.63. The van der Waals surface area contributed by atoms with Crippen LogP contribution in [0.15, 0.2) is 53.6 Å². The van der Waals surface area contributed by atoms with Crippen LogP contribution in [-0.4, -0.2) is 59.7 Å². The Balaban J connectivity index is 1.69. The summed E-state index contributed by atoms with van der Waals surface area (Å²) in [5.41, 5.74) is 1.20. The highest BCUT2D eigenvalue weighted by molar-refractivity contribution is 5.81. The van der Waals surface area contributed by atoms with Gasteiger partial charge in [-0.2, -0.15) is 4.98 Å². The summed E-state index contributed by atoms with van der Waals surface area (Å²) in [6, 6.07) is 9.71. The van der Waals surface area contributed by atoms with Crippen molar-refractivity contribution in [2.45, 2.75) is 52.7 Å². The first-order chi connectivity index (χ1) is 19.4. The van der Waals surface area contributed by atoms with Crippen molar-refractivity contribution in [3.05, 3.63) is 75.0 Å². The Labute approximate surface area is 237 Å². The molecule has 0 bridgehead atoms. The van der Waals surface area contributed by atoms with Gasteiger partial charge in [0, 0.05) is 32.8 Å². The molecule has 41 heavy (non-hydrogen) atoms. The molecule has 0 spiro atoms. The molecule has 3 heterocycles. The summed E-state index contributed by atoms with van der Waals surface area (Å²) in [7, 11) is 1.69. The van der Waals surface area contributed by atoms with E-state index in [-0.39, 0.29) is 23.6 Å². The van der Waals surface area contributed by atoms with E-state index in [4.69, 9.17) is 4.74 Å². The predicted molar refractivity (Wildman–Crippen MR) is 156 cm³/mol. The number of aryl methyl sites for hydroxylation is 1. The number of hydrogen-bond acceptors (Lipinski definition) is 10. The molecule has 13 nitrogen and oxygen atoms in total. The van der Waals surface area contributed by atoms with Crippen molar-refractivity contribution < 1.29 is 14.5 Å². The van der Waals surface area contributed by atoms with Crippen LogP contribution >= 0.6 is 0 Å². The quantitative estimate of drug-likeness (QED) is 0.172. The number of carbonyl (C=O) groups excluding carboxylic acids is 1. The standard InChI is InChI=1S/C28H34N8O5/c1-7-34(8-2)26-30-17-22(36(39)40)23(32-26)31-20(25(37)41-28(3,4)5)16-18-11-13-19(14-12-18)35-24-21(10-9-15-29-24)33(6)27(35)38/h9-15,17,20H,7-8,16H2,1-6H3,(H,30,31,32). The number of rotatable bonds is 10. The molecule has 1 unspecified atom stereocenters. The molecule has 0 saturated heterocycles. The number of imidazole rings is 1. The van der Waals surface area contributed by atoms with Crippen LogP contribution in [0.25, 0.3) is 16.9 Å². The number of anilines is 2. The van der Waals surface area contributed by atoms with Gasteiger partial charge in [-0.3, -0.25) is 14.7 Å². The summed E-state index contributed by atoms with van der Waals surface area (Å²) in [5.74, 6) is -0.356. The Kier molecular flexibility index (Phi) is 8.36. The lowest BCUT2D eigenvalue weighted by Crippen LogP contribution is -2.38. The number of esters is 1. The molecule has 0 radical (unpaired) electrons. The molecule has 1 N–H and O–H groups in total. The zero-order valence-corrected chi connectivity index (χ0v) is 24.0. The Morgan fingerprint density at radius 2 is 1.83 bits per heavy atom. The van der Waals surface area contributed by atoms with Gasteiger partial charge in [-0.05, 0) is 64.4 Å². The van der Waals surface area contributed by atoms with Crippen LogP contribution in [0.5, 0.6) is 0 Å². The average molecular weight is 563 g/mol. The number of pyridine rings is 1. The van der Waals surface area contributed by atoms with Gasteiger partial charge in [-0.15, -0.1) is 0 Å². The van der Waals surface area contributed by atoms with Crippen molar-refractivity contribution in [1.29, 1.82) is 0 Å². The summed E-state index contributed by atoms with van der Waals surface area (Å²) in [4.78, 5) is 52.2. The van der Waals surface area contributed by atoms with Crippen LogP contribution < -0.4 is 15.9 Å². The van der Waals surface area contributed by atoms with E-state index in [1.165, 1.54) is 9.13 Å². The highest BCUT2D eigenvalue weighted by atomic mass is 16.6. The van der Waals surface area contributed by atoms with E-state index in [0.717, 1.165) is 11.8 Å². The topological polar surface area (TPSA) is 150 Å². The second kappa shape index (κ2) is 11.7. The van der Waals surface area contributed by atoms with E-state index >= 15 is 0 Å². The van der Waals surface area contributed by atoms with Gasteiger partial charge < -0.3 is 15.0 Å². The van der Waals surface area contributed by atoms with Crippen molar-refractivity contribution in [3.8, 4) is 5.69 Å². The molecule has 1 atom stereocenters.